The fraction of sp³-hybridized carbons (Fsp3) is 0.250. The molecule has 0 radical (unpaired) electrons. The monoisotopic (exact) mass is 908 g/mol. The third kappa shape index (κ3) is 7.30. The Morgan fingerprint density at radius 3 is 1.95 bits per heavy atom. The normalized spacial score (nSPS) is 13.3. The van der Waals surface area contributed by atoms with Gasteiger partial charge in [-0.25, -0.2) is 9.37 Å². The van der Waals surface area contributed by atoms with Gasteiger partial charge in [0.15, 0.2) is 0 Å². The molecule has 5 aromatic carbocycles. The number of para-hydroxylation sites is 2. The average molecular weight is 909 g/mol. The smallest absolute Gasteiger partial charge is 0.135 e. The Bertz CT molecular complexity index is 2520. The van der Waals surface area contributed by atoms with Gasteiger partial charge in [-0.15, -0.1) is 48.1 Å². The fourth-order valence-corrected chi connectivity index (χ4v) is 7.08. The van der Waals surface area contributed by atoms with Crippen molar-refractivity contribution in [2.75, 3.05) is 9.80 Å². The predicted octanol–water partition coefficient (Wildman–Crippen LogP) is 13.0. The molecule has 55 heavy (non-hydrogen) atoms. The van der Waals surface area contributed by atoms with Crippen LogP contribution in [0.15, 0.2) is 109 Å². The zero-order valence-corrected chi connectivity index (χ0v) is 35.1. The molecular weight excluding hydrogens is 863 g/mol. The fourth-order valence-electron chi connectivity index (χ4n) is 7.08. The number of aromatic nitrogens is 2. The number of nitrogens with zero attached hydrogens (tertiary/aromatic N) is 4. The third-order valence-corrected chi connectivity index (χ3v) is 10.2. The minimum absolute atomic E-state index is 0. The molecule has 0 unspecified atom stereocenters. The second-order valence-electron chi connectivity index (χ2n) is 17.3. The molecule has 0 bridgehead atoms. The minimum Gasteiger partial charge on any atom is -0.509 e. The molecule has 0 N–H and O–H groups in total. The summed E-state index contributed by atoms with van der Waals surface area (Å²) in [6.45, 7) is 22.3. The summed E-state index contributed by atoms with van der Waals surface area (Å²) in [5, 5.41) is 1.66. The van der Waals surface area contributed by atoms with Crippen molar-refractivity contribution >= 4 is 44.6 Å². The van der Waals surface area contributed by atoms with E-state index in [0.29, 0.717) is 11.5 Å². The molecule has 0 amide bonds. The summed E-state index contributed by atoms with van der Waals surface area (Å²) in [4.78, 5) is 9.19. The molecule has 3 heterocycles. The molecule has 284 valence electrons. The van der Waals surface area contributed by atoms with Crippen LogP contribution in [0.2, 0.25) is 0 Å². The predicted molar refractivity (Wildman–Crippen MR) is 220 cm³/mol. The molecule has 0 saturated carbocycles. The van der Waals surface area contributed by atoms with Crippen molar-refractivity contribution < 1.29 is 30.2 Å². The largest absolute Gasteiger partial charge is 0.509 e. The molecule has 5 nitrogen and oxygen atoms in total. The van der Waals surface area contributed by atoms with Crippen LogP contribution in [0, 0.1) is 24.6 Å². The van der Waals surface area contributed by atoms with Crippen LogP contribution in [0.4, 0.5) is 27.1 Å². The van der Waals surface area contributed by atoms with E-state index in [4.69, 9.17) is 9.72 Å². The summed E-state index contributed by atoms with van der Waals surface area (Å²) in [6, 6.07) is 41.2. The third-order valence-electron chi connectivity index (χ3n) is 10.2. The number of ether oxygens (including phenoxy) is 1. The first-order valence-corrected chi connectivity index (χ1v) is 18.6. The Hall–Kier alpha value is -4.93. The molecule has 8 rings (SSSR count). The number of anilines is 4. The van der Waals surface area contributed by atoms with Crippen molar-refractivity contribution in [3.05, 3.63) is 151 Å². The second kappa shape index (κ2) is 14.0. The summed E-state index contributed by atoms with van der Waals surface area (Å²) >= 11 is 0. The van der Waals surface area contributed by atoms with Gasteiger partial charge in [-0.1, -0.05) is 86.0 Å². The first-order valence-electron chi connectivity index (χ1n) is 18.6. The number of pyridine rings is 1. The molecule has 7 aromatic rings. The average Bonchev–Trinajstić information content (AvgIpc) is 3.66. The first-order chi connectivity index (χ1) is 25.5. The maximum absolute atomic E-state index is 14.6. The quantitative estimate of drug-likeness (QED) is 0.161. The first kappa shape index (κ1) is 38.3. The van der Waals surface area contributed by atoms with Gasteiger partial charge in [-0.05, 0) is 92.9 Å². The Morgan fingerprint density at radius 1 is 0.618 bits per heavy atom. The van der Waals surface area contributed by atoms with E-state index in [-0.39, 0.29) is 43.1 Å². The summed E-state index contributed by atoms with van der Waals surface area (Å²) in [5.74, 6) is 1.53. The van der Waals surface area contributed by atoms with Gasteiger partial charge in [-0.2, -0.15) is 12.1 Å². The molecule has 0 atom stereocenters. The number of hydrogen-bond acceptors (Lipinski definition) is 4. The van der Waals surface area contributed by atoms with Crippen molar-refractivity contribution in [2.24, 2.45) is 0 Å². The molecule has 0 aliphatic carbocycles. The Labute approximate surface area is 339 Å². The maximum atomic E-state index is 14.6. The molecule has 1 aliphatic heterocycles. The Balaban J connectivity index is 0.00000465. The minimum atomic E-state index is -0.292. The van der Waals surface area contributed by atoms with Crippen LogP contribution in [-0.2, 0) is 37.3 Å². The number of rotatable bonds is 5. The van der Waals surface area contributed by atoms with Gasteiger partial charge in [0, 0.05) is 61.3 Å². The van der Waals surface area contributed by atoms with Crippen LogP contribution >= 0.6 is 0 Å². The van der Waals surface area contributed by atoms with Crippen molar-refractivity contribution in [1.82, 2.24) is 9.55 Å². The van der Waals surface area contributed by atoms with Gasteiger partial charge < -0.3 is 19.1 Å². The van der Waals surface area contributed by atoms with Gasteiger partial charge >= 0.3 is 0 Å². The van der Waals surface area contributed by atoms with Crippen LogP contribution in [-0.4, -0.2) is 9.55 Å². The van der Waals surface area contributed by atoms with E-state index in [1.165, 1.54) is 17.2 Å². The molecule has 7 heteroatoms. The second-order valence-corrected chi connectivity index (χ2v) is 17.3. The van der Waals surface area contributed by atoms with E-state index in [9.17, 15) is 4.39 Å². The number of benzene rings is 5. The van der Waals surface area contributed by atoms with E-state index in [1.807, 2.05) is 47.2 Å². The van der Waals surface area contributed by atoms with Crippen LogP contribution in [0.3, 0.4) is 0 Å². The Kier molecular flexibility index (Phi) is 9.74. The van der Waals surface area contributed by atoms with Crippen molar-refractivity contribution in [3.8, 4) is 17.3 Å². The summed E-state index contributed by atoms with van der Waals surface area (Å²) in [6.07, 6.45) is 1.83. The molecular formula is C48H46FN4OPt-3. The van der Waals surface area contributed by atoms with Crippen LogP contribution in [0.25, 0.3) is 27.6 Å². The maximum Gasteiger partial charge on any atom is 0.135 e. The van der Waals surface area contributed by atoms with E-state index in [1.54, 1.807) is 12.1 Å². The molecule has 2 aromatic heterocycles. The van der Waals surface area contributed by atoms with Gasteiger partial charge in [0.2, 0.25) is 0 Å². The van der Waals surface area contributed by atoms with Gasteiger partial charge in [0.25, 0.3) is 0 Å². The number of halogens is 1. The SMILES string of the molecule is CC(C)(C)c1cc(N2[CH-]N(c3[c-]c(Oc4[c-]c5c(cc4)c4cc(F)ccc4n5-c4cc(C(C)(C)C)ccn4)ccc3)c3ccccc32)cc(C(C)(C)C)c1.[Pt]. The molecule has 0 spiro atoms. The van der Waals surface area contributed by atoms with Crippen LogP contribution < -0.4 is 14.5 Å². The zero-order valence-electron chi connectivity index (χ0n) is 32.9. The number of hydrogen-bond donors (Lipinski definition) is 0. The van der Waals surface area contributed by atoms with E-state index in [0.717, 1.165) is 55.9 Å². The topological polar surface area (TPSA) is 33.5 Å². The van der Waals surface area contributed by atoms with E-state index < -0.39 is 0 Å². The standard InChI is InChI=1S/C48H46FN4O.Pt/c1-46(2,3)31-21-22-50-45(26-31)53-41-20-17-34(49)27-40(41)39-19-18-38(29-44(39)53)54-37-14-12-13-35(28-37)51-30-52(43-16-11-10-15-42(43)51)36-24-32(47(4,5)6)23-33(25-36)48(7,8)9;/h10-27,30H,1-9H3;/q-3;. The number of fused-ring (bicyclic) bond motifs is 4. The summed E-state index contributed by atoms with van der Waals surface area (Å²) in [5.41, 5.74) is 9.38. The van der Waals surface area contributed by atoms with Gasteiger partial charge in [0.1, 0.15) is 11.6 Å². The van der Waals surface area contributed by atoms with Gasteiger partial charge in [0.05, 0.1) is 0 Å². The summed E-state index contributed by atoms with van der Waals surface area (Å²) < 4.78 is 23.1. The Morgan fingerprint density at radius 2 is 1.27 bits per heavy atom. The molecule has 0 saturated heterocycles. The van der Waals surface area contributed by atoms with Crippen LogP contribution in [0.1, 0.15) is 79.0 Å². The van der Waals surface area contributed by atoms with E-state index >= 15 is 0 Å². The molecule has 1 aliphatic rings. The summed E-state index contributed by atoms with van der Waals surface area (Å²) in [7, 11) is 0. The van der Waals surface area contributed by atoms with Crippen molar-refractivity contribution in [3.63, 3.8) is 0 Å². The van der Waals surface area contributed by atoms with E-state index in [2.05, 4.69) is 139 Å². The van der Waals surface area contributed by atoms with Crippen molar-refractivity contribution in [2.45, 2.75) is 78.6 Å². The molecule has 0 fully saturated rings. The van der Waals surface area contributed by atoms with Crippen molar-refractivity contribution in [1.29, 1.82) is 0 Å². The van der Waals surface area contributed by atoms with Gasteiger partial charge in [-0.3, -0.25) is 0 Å². The zero-order chi connectivity index (χ0) is 38.2. The van der Waals surface area contributed by atoms with Crippen LogP contribution in [0.5, 0.6) is 11.5 Å².